The molecule has 0 radical (unpaired) electrons. The van der Waals surface area contributed by atoms with Crippen LogP contribution in [0.3, 0.4) is 0 Å². The largest absolute Gasteiger partial charge is 0.393 e. The lowest BCUT2D eigenvalue weighted by atomic mass is 10.0. The second-order valence-electron chi connectivity index (χ2n) is 3.71. The van der Waals surface area contributed by atoms with Crippen molar-refractivity contribution in [2.75, 3.05) is 13.7 Å². The van der Waals surface area contributed by atoms with Crippen molar-refractivity contribution >= 4 is 15.9 Å². The van der Waals surface area contributed by atoms with Crippen molar-refractivity contribution in [2.24, 2.45) is 0 Å². The molecule has 0 spiro atoms. The van der Waals surface area contributed by atoms with Crippen LogP contribution in [-0.4, -0.2) is 24.9 Å². The van der Waals surface area contributed by atoms with E-state index < -0.39 is 6.10 Å². The number of rotatable bonds is 6. The number of hydrogen-bond donors (Lipinski definition) is 1. The Morgan fingerprint density at radius 1 is 1.50 bits per heavy atom. The van der Waals surface area contributed by atoms with Crippen LogP contribution in [0.1, 0.15) is 18.4 Å². The van der Waals surface area contributed by atoms with Gasteiger partial charge in [0.15, 0.2) is 0 Å². The highest BCUT2D eigenvalue weighted by Gasteiger charge is 2.10. The van der Waals surface area contributed by atoms with E-state index in [1.54, 1.807) is 13.2 Å². The van der Waals surface area contributed by atoms with Gasteiger partial charge in [-0.25, -0.2) is 4.39 Å². The Morgan fingerprint density at radius 2 is 2.25 bits per heavy atom. The number of benzene rings is 1. The summed E-state index contributed by atoms with van der Waals surface area (Å²) in [5.41, 5.74) is 0.796. The van der Waals surface area contributed by atoms with Gasteiger partial charge < -0.3 is 9.84 Å². The lowest BCUT2D eigenvalue weighted by Gasteiger charge is -2.11. The van der Waals surface area contributed by atoms with Crippen molar-refractivity contribution in [3.05, 3.63) is 34.1 Å². The Hall–Kier alpha value is -0.450. The monoisotopic (exact) mass is 290 g/mol. The lowest BCUT2D eigenvalue weighted by Crippen LogP contribution is -2.12. The molecule has 0 heterocycles. The third-order valence-electron chi connectivity index (χ3n) is 2.37. The third-order valence-corrected chi connectivity index (χ3v) is 3.26. The minimum atomic E-state index is -0.451. The molecule has 90 valence electrons. The minimum absolute atomic E-state index is 0.290. The molecule has 0 aliphatic rings. The Labute approximate surface area is 104 Å². The van der Waals surface area contributed by atoms with Crippen LogP contribution in [0.5, 0.6) is 0 Å². The standard InChI is InChI=1S/C12H16BrFO2/c1-16-7-3-5-10(15)8-9-4-2-6-11(14)12(9)13/h2,4,6,10,15H,3,5,7-8H2,1H3. The molecule has 0 saturated heterocycles. The maximum atomic E-state index is 13.2. The van der Waals surface area contributed by atoms with Crippen molar-refractivity contribution in [1.82, 2.24) is 0 Å². The number of ether oxygens (including phenoxy) is 1. The molecule has 0 amide bonds. The van der Waals surface area contributed by atoms with Gasteiger partial charge in [0, 0.05) is 13.7 Å². The van der Waals surface area contributed by atoms with Crippen LogP contribution in [-0.2, 0) is 11.2 Å². The summed E-state index contributed by atoms with van der Waals surface area (Å²) in [7, 11) is 1.63. The van der Waals surface area contributed by atoms with Crippen molar-refractivity contribution in [2.45, 2.75) is 25.4 Å². The predicted molar refractivity (Wildman–Crippen MR) is 64.9 cm³/mol. The van der Waals surface area contributed by atoms with Crippen LogP contribution in [0.4, 0.5) is 4.39 Å². The quantitative estimate of drug-likeness (QED) is 0.817. The SMILES string of the molecule is COCCCC(O)Cc1cccc(F)c1Br. The highest BCUT2D eigenvalue weighted by molar-refractivity contribution is 9.10. The molecule has 2 nitrogen and oxygen atoms in total. The Bertz CT molecular complexity index is 331. The smallest absolute Gasteiger partial charge is 0.137 e. The van der Waals surface area contributed by atoms with E-state index in [2.05, 4.69) is 15.9 Å². The van der Waals surface area contributed by atoms with Gasteiger partial charge in [-0.2, -0.15) is 0 Å². The average molecular weight is 291 g/mol. The van der Waals surface area contributed by atoms with Crippen molar-refractivity contribution in [1.29, 1.82) is 0 Å². The predicted octanol–water partition coefficient (Wildman–Crippen LogP) is 2.92. The number of aliphatic hydroxyl groups is 1. The first-order chi connectivity index (χ1) is 7.65. The molecule has 1 N–H and O–H groups in total. The van der Waals surface area contributed by atoms with E-state index >= 15 is 0 Å². The van der Waals surface area contributed by atoms with Gasteiger partial charge in [-0.1, -0.05) is 12.1 Å². The van der Waals surface area contributed by atoms with E-state index in [0.29, 0.717) is 23.9 Å². The van der Waals surface area contributed by atoms with E-state index in [4.69, 9.17) is 4.74 Å². The molecule has 1 unspecified atom stereocenters. The van der Waals surface area contributed by atoms with Gasteiger partial charge >= 0.3 is 0 Å². The van der Waals surface area contributed by atoms with Gasteiger partial charge in [0.2, 0.25) is 0 Å². The van der Waals surface area contributed by atoms with Gasteiger partial charge in [-0.15, -0.1) is 0 Å². The summed E-state index contributed by atoms with van der Waals surface area (Å²) in [5.74, 6) is -0.290. The molecule has 0 saturated carbocycles. The molecule has 0 aliphatic heterocycles. The minimum Gasteiger partial charge on any atom is -0.393 e. The molecule has 4 heteroatoms. The highest BCUT2D eigenvalue weighted by Crippen LogP contribution is 2.22. The van der Waals surface area contributed by atoms with E-state index in [0.717, 1.165) is 12.0 Å². The molecule has 1 aromatic carbocycles. The van der Waals surface area contributed by atoms with Crippen molar-refractivity contribution in [3.63, 3.8) is 0 Å². The first kappa shape index (κ1) is 13.6. The fourth-order valence-electron chi connectivity index (χ4n) is 1.53. The molecule has 0 aliphatic carbocycles. The summed E-state index contributed by atoms with van der Waals surface area (Å²) < 4.78 is 18.5. The van der Waals surface area contributed by atoms with Crippen LogP contribution in [0.15, 0.2) is 22.7 Å². The Morgan fingerprint density at radius 3 is 2.94 bits per heavy atom. The summed E-state index contributed by atoms with van der Waals surface area (Å²) in [6, 6.07) is 4.86. The van der Waals surface area contributed by atoms with Crippen LogP contribution >= 0.6 is 15.9 Å². The Balaban J connectivity index is 2.49. The Kier molecular flexibility index (Phi) is 5.95. The summed E-state index contributed by atoms with van der Waals surface area (Å²) in [6.07, 6.45) is 1.48. The molecule has 1 atom stereocenters. The van der Waals surface area contributed by atoms with Crippen LogP contribution in [0, 0.1) is 5.82 Å². The van der Waals surface area contributed by atoms with Crippen LogP contribution < -0.4 is 0 Å². The summed E-state index contributed by atoms with van der Waals surface area (Å²) in [5, 5.41) is 9.75. The molecule has 0 bridgehead atoms. The van der Waals surface area contributed by atoms with Gasteiger partial charge in [0.1, 0.15) is 5.82 Å². The maximum absolute atomic E-state index is 13.2. The highest BCUT2D eigenvalue weighted by atomic mass is 79.9. The zero-order valence-corrected chi connectivity index (χ0v) is 10.8. The maximum Gasteiger partial charge on any atom is 0.137 e. The van der Waals surface area contributed by atoms with Crippen molar-refractivity contribution < 1.29 is 14.2 Å². The normalized spacial score (nSPS) is 12.8. The van der Waals surface area contributed by atoms with Crippen LogP contribution in [0.2, 0.25) is 0 Å². The van der Waals surface area contributed by atoms with Gasteiger partial charge in [0.25, 0.3) is 0 Å². The van der Waals surface area contributed by atoms with E-state index in [9.17, 15) is 9.50 Å². The molecular formula is C12H16BrFO2. The first-order valence-corrected chi connectivity index (χ1v) is 6.04. The molecule has 16 heavy (non-hydrogen) atoms. The number of hydrogen-bond acceptors (Lipinski definition) is 2. The number of halogens is 2. The van der Waals surface area contributed by atoms with Gasteiger partial charge in [0.05, 0.1) is 10.6 Å². The number of methoxy groups -OCH3 is 1. The van der Waals surface area contributed by atoms with Gasteiger partial charge in [-0.05, 0) is 46.8 Å². The summed E-state index contributed by atoms with van der Waals surface area (Å²) >= 11 is 3.18. The zero-order valence-electron chi connectivity index (χ0n) is 9.25. The van der Waals surface area contributed by atoms with Crippen LogP contribution in [0.25, 0.3) is 0 Å². The zero-order chi connectivity index (χ0) is 12.0. The molecular weight excluding hydrogens is 275 g/mol. The number of aliphatic hydroxyl groups excluding tert-OH is 1. The fourth-order valence-corrected chi connectivity index (χ4v) is 1.95. The molecule has 0 fully saturated rings. The lowest BCUT2D eigenvalue weighted by molar-refractivity contribution is 0.135. The first-order valence-electron chi connectivity index (χ1n) is 5.25. The topological polar surface area (TPSA) is 29.5 Å². The summed E-state index contributed by atoms with van der Waals surface area (Å²) in [6.45, 7) is 0.640. The molecule has 1 aromatic rings. The second kappa shape index (κ2) is 6.99. The van der Waals surface area contributed by atoms with E-state index in [1.165, 1.54) is 6.07 Å². The van der Waals surface area contributed by atoms with Crippen molar-refractivity contribution in [3.8, 4) is 0 Å². The second-order valence-corrected chi connectivity index (χ2v) is 4.50. The van der Waals surface area contributed by atoms with E-state index in [-0.39, 0.29) is 5.82 Å². The molecule has 1 rings (SSSR count). The fraction of sp³-hybridized carbons (Fsp3) is 0.500. The van der Waals surface area contributed by atoms with Gasteiger partial charge in [-0.3, -0.25) is 0 Å². The summed E-state index contributed by atoms with van der Waals surface area (Å²) in [4.78, 5) is 0. The third kappa shape index (κ3) is 4.20. The molecule has 0 aromatic heterocycles. The average Bonchev–Trinajstić information content (AvgIpc) is 2.25. The van der Waals surface area contributed by atoms with E-state index in [1.807, 2.05) is 6.07 Å².